The van der Waals surface area contributed by atoms with Crippen molar-refractivity contribution in [2.75, 3.05) is 7.11 Å². The number of nitrogens with one attached hydrogen (secondary N) is 1. The van der Waals surface area contributed by atoms with Gasteiger partial charge in [-0.15, -0.1) is 0 Å². The number of methoxy groups -OCH3 is 1. The third-order valence-corrected chi connectivity index (χ3v) is 2.96. The molecule has 5 heteroatoms. The highest BCUT2D eigenvalue weighted by atomic mass is 16.5. The van der Waals surface area contributed by atoms with Crippen LogP contribution in [0.25, 0.3) is 0 Å². The Hall–Kier alpha value is -2.40. The Morgan fingerprint density at radius 1 is 1.25 bits per heavy atom. The number of ether oxygens (including phenoxy) is 1. The van der Waals surface area contributed by atoms with Crippen molar-refractivity contribution in [1.29, 1.82) is 0 Å². The highest BCUT2D eigenvalue weighted by molar-refractivity contribution is 5.75. The normalized spacial score (nSPS) is 11.8. The van der Waals surface area contributed by atoms with Crippen molar-refractivity contribution < 1.29 is 14.6 Å². The van der Waals surface area contributed by atoms with Gasteiger partial charge in [-0.05, 0) is 35.4 Å². The quantitative estimate of drug-likeness (QED) is 0.841. The lowest BCUT2D eigenvalue weighted by molar-refractivity contribution is -0.139. The van der Waals surface area contributed by atoms with Crippen LogP contribution in [0.2, 0.25) is 0 Å². The molecule has 0 aliphatic heterocycles. The number of hydrogen-bond donors (Lipinski definition) is 2. The zero-order valence-corrected chi connectivity index (χ0v) is 11.1. The van der Waals surface area contributed by atoms with Crippen molar-refractivity contribution in [3.8, 4) is 5.75 Å². The van der Waals surface area contributed by atoms with Gasteiger partial charge in [0.2, 0.25) is 0 Å². The van der Waals surface area contributed by atoms with Crippen molar-refractivity contribution in [3.05, 3.63) is 59.9 Å². The largest absolute Gasteiger partial charge is 0.497 e. The highest BCUT2D eigenvalue weighted by Crippen LogP contribution is 2.18. The molecule has 1 unspecified atom stereocenters. The fourth-order valence-corrected chi connectivity index (χ4v) is 1.86. The molecule has 0 fully saturated rings. The molecule has 2 rings (SSSR count). The summed E-state index contributed by atoms with van der Waals surface area (Å²) in [5.41, 5.74) is 1.67. The number of benzene rings is 1. The van der Waals surface area contributed by atoms with E-state index in [1.807, 2.05) is 12.1 Å². The van der Waals surface area contributed by atoms with E-state index in [0.29, 0.717) is 17.9 Å². The summed E-state index contributed by atoms with van der Waals surface area (Å²) in [5.74, 6) is -0.212. The van der Waals surface area contributed by atoms with Gasteiger partial charge >= 0.3 is 5.97 Å². The van der Waals surface area contributed by atoms with E-state index in [4.69, 9.17) is 4.74 Å². The Balaban J connectivity index is 2.08. The predicted octanol–water partition coefficient (Wildman–Crippen LogP) is 2.01. The Kier molecular flexibility index (Phi) is 4.68. The second-order valence-corrected chi connectivity index (χ2v) is 4.28. The SMILES string of the molecule is COc1ccc(C(NCc2ccncc2)C(=O)O)cc1. The molecule has 0 amide bonds. The van der Waals surface area contributed by atoms with E-state index in [0.717, 1.165) is 5.56 Å². The summed E-state index contributed by atoms with van der Waals surface area (Å²) in [4.78, 5) is 15.3. The first-order valence-electron chi connectivity index (χ1n) is 6.20. The molecule has 0 aliphatic rings. The van der Waals surface area contributed by atoms with Gasteiger partial charge in [-0.25, -0.2) is 0 Å². The minimum Gasteiger partial charge on any atom is -0.497 e. The minimum atomic E-state index is -0.913. The topological polar surface area (TPSA) is 71.5 Å². The Morgan fingerprint density at radius 2 is 1.90 bits per heavy atom. The molecule has 1 aromatic heterocycles. The molecule has 5 nitrogen and oxygen atoms in total. The number of nitrogens with zero attached hydrogens (tertiary/aromatic N) is 1. The summed E-state index contributed by atoms with van der Waals surface area (Å²) in [6.45, 7) is 0.464. The average molecular weight is 272 g/mol. The number of aliphatic carboxylic acids is 1. The van der Waals surface area contributed by atoms with E-state index < -0.39 is 12.0 Å². The number of carboxylic acids is 1. The molecule has 0 saturated heterocycles. The first-order valence-corrected chi connectivity index (χ1v) is 6.20. The van der Waals surface area contributed by atoms with Crippen LogP contribution in [0, 0.1) is 0 Å². The van der Waals surface area contributed by atoms with Crippen molar-refractivity contribution in [3.63, 3.8) is 0 Å². The molecule has 104 valence electrons. The molecular formula is C15H16N2O3. The second kappa shape index (κ2) is 6.68. The van der Waals surface area contributed by atoms with Crippen LogP contribution in [0.3, 0.4) is 0 Å². The van der Waals surface area contributed by atoms with Gasteiger partial charge in [0.15, 0.2) is 0 Å². The lowest BCUT2D eigenvalue weighted by atomic mass is 10.1. The van der Waals surface area contributed by atoms with Crippen LogP contribution < -0.4 is 10.1 Å². The summed E-state index contributed by atoms with van der Waals surface area (Å²) in [6.07, 6.45) is 3.36. The zero-order valence-electron chi connectivity index (χ0n) is 11.1. The zero-order chi connectivity index (χ0) is 14.4. The van der Waals surface area contributed by atoms with Crippen LogP contribution in [0.4, 0.5) is 0 Å². The maximum absolute atomic E-state index is 11.4. The lowest BCUT2D eigenvalue weighted by Gasteiger charge is -2.15. The number of rotatable bonds is 6. The monoisotopic (exact) mass is 272 g/mol. The Bertz CT molecular complexity index is 555. The van der Waals surface area contributed by atoms with E-state index in [1.165, 1.54) is 0 Å². The van der Waals surface area contributed by atoms with Crippen LogP contribution in [-0.2, 0) is 11.3 Å². The molecule has 0 saturated carbocycles. The van der Waals surface area contributed by atoms with E-state index in [9.17, 15) is 9.90 Å². The predicted molar refractivity (Wildman–Crippen MR) is 74.4 cm³/mol. The molecule has 0 aliphatic carbocycles. The maximum atomic E-state index is 11.4. The molecule has 1 heterocycles. The van der Waals surface area contributed by atoms with Gasteiger partial charge in [0, 0.05) is 18.9 Å². The summed E-state index contributed by atoms with van der Waals surface area (Å²) in [5, 5.41) is 12.3. The molecule has 1 aromatic carbocycles. The van der Waals surface area contributed by atoms with Crippen molar-refractivity contribution >= 4 is 5.97 Å². The van der Waals surface area contributed by atoms with Crippen LogP contribution in [0.5, 0.6) is 5.75 Å². The first-order chi connectivity index (χ1) is 9.70. The van der Waals surface area contributed by atoms with Gasteiger partial charge in [-0.2, -0.15) is 0 Å². The smallest absolute Gasteiger partial charge is 0.325 e. The van der Waals surface area contributed by atoms with E-state index in [-0.39, 0.29) is 0 Å². The maximum Gasteiger partial charge on any atom is 0.325 e. The summed E-state index contributed by atoms with van der Waals surface area (Å²) >= 11 is 0. The van der Waals surface area contributed by atoms with Crippen molar-refractivity contribution in [2.45, 2.75) is 12.6 Å². The number of hydrogen-bond acceptors (Lipinski definition) is 4. The first kappa shape index (κ1) is 14.0. The van der Waals surface area contributed by atoms with Crippen molar-refractivity contribution in [1.82, 2.24) is 10.3 Å². The molecule has 1 atom stereocenters. The molecule has 2 aromatic rings. The number of pyridine rings is 1. The van der Waals surface area contributed by atoms with Gasteiger partial charge in [-0.1, -0.05) is 12.1 Å². The van der Waals surface area contributed by atoms with E-state index in [1.54, 1.807) is 43.8 Å². The fourth-order valence-electron chi connectivity index (χ4n) is 1.86. The van der Waals surface area contributed by atoms with Gasteiger partial charge in [0.1, 0.15) is 11.8 Å². The number of carboxylic acid groups (broad SMARTS) is 1. The molecular weight excluding hydrogens is 256 g/mol. The highest BCUT2D eigenvalue weighted by Gasteiger charge is 2.18. The van der Waals surface area contributed by atoms with Crippen LogP contribution in [0.1, 0.15) is 17.2 Å². The molecule has 0 radical (unpaired) electrons. The fraction of sp³-hybridized carbons (Fsp3) is 0.200. The van der Waals surface area contributed by atoms with E-state index >= 15 is 0 Å². The van der Waals surface area contributed by atoms with Gasteiger partial charge in [0.25, 0.3) is 0 Å². The molecule has 0 spiro atoms. The van der Waals surface area contributed by atoms with Gasteiger partial charge < -0.3 is 9.84 Å². The number of aromatic nitrogens is 1. The molecule has 0 bridgehead atoms. The number of carbonyl (C=O) groups is 1. The van der Waals surface area contributed by atoms with E-state index in [2.05, 4.69) is 10.3 Å². The van der Waals surface area contributed by atoms with Crippen LogP contribution in [0.15, 0.2) is 48.8 Å². The Morgan fingerprint density at radius 3 is 2.45 bits per heavy atom. The van der Waals surface area contributed by atoms with Crippen LogP contribution in [-0.4, -0.2) is 23.2 Å². The van der Waals surface area contributed by atoms with Gasteiger partial charge in [-0.3, -0.25) is 15.1 Å². The minimum absolute atomic E-state index is 0.464. The standard InChI is InChI=1S/C15H16N2O3/c1-20-13-4-2-12(3-5-13)14(15(18)19)17-10-11-6-8-16-9-7-11/h2-9,14,17H,10H2,1H3,(H,18,19). The summed E-state index contributed by atoms with van der Waals surface area (Å²) in [6, 6.07) is 9.93. The van der Waals surface area contributed by atoms with Crippen LogP contribution >= 0.6 is 0 Å². The molecule has 20 heavy (non-hydrogen) atoms. The molecule has 2 N–H and O–H groups in total. The summed E-state index contributed by atoms with van der Waals surface area (Å²) < 4.78 is 5.06. The third kappa shape index (κ3) is 3.55. The average Bonchev–Trinajstić information content (AvgIpc) is 2.49. The van der Waals surface area contributed by atoms with Gasteiger partial charge in [0.05, 0.1) is 7.11 Å². The second-order valence-electron chi connectivity index (χ2n) is 4.28. The summed E-state index contributed by atoms with van der Waals surface area (Å²) in [7, 11) is 1.57. The van der Waals surface area contributed by atoms with Crippen molar-refractivity contribution in [2.24, 2.45) is 0 Å². The lowest BCUT2D eigenvalue weighted by Crippen LogP contribution is -2.28. The Labute approximate surface area is 117 Å². The third-order valence-electron chi connectivity index (χ3n) is 2.96.